The lowest BCUT2D eigenvalue weighted by atomic mass is 10.3. The summed E-state index contributed by atoms with van der Waals surface area (Å²) in [7, 11) is 1.93. The number of aromatic nitrogens is 3. The van der Waals surface area contributed by atoms with E-state index in [2.05, 4.69) is 19.9 Å². The number of pyridine rings is 1. The molecule has 0 saturated carbocycles. The van der Waals surface area contributed by atoms with Gasteiger partial charge in [0.15, 0.2) is 0 Å². The van der Waals surface area contributed by atoms with Gasteiger partial charge in [-0.2, -0.15) is 0 Å². The zero-order valence-corrected chi connectivity index (χ0v) is 9.64. The number of hydrogen-bond donors (Lipinski definition) is 1. The van der Waals surface area contributed by atoms with Crippen LogP contribution in [0.5, 0.6) is 0 Å². The Kier molecular flexibility index (Phi) is 3.31. The summed E-state index contributed by atoms with van der Waals surface area (Å²) in [5.74, 6) is 0. The van der Waals surface area contributed by atoms with Gasteiger partial charge in [-0.25, -0.2) is 4.98 Å². The number of hydrogen-bond acceptors (Lipinski definition) is 3. The monoisotopic (exact) mass is 216 g/mol. The van der Waals surface area contributed by atoms with Crippen LogP contribution in [0.3, 0.4) is 0 Å². The molecule has 84 valence electrons. The SMILES string of the molecule is CNCc1cncn1Cc1cccc(C)n1. The van der Waals surface area contributed by atoms with Gasteiger partial charge in [0.25, 0.3) is 0 Å². The highest BCUT2D eigenvalue weighted by Crippen LogP contribution is 2.05. The molecule has 0 unspecified atom stereocenters. The van der Waals surface area contributed by atoms with Crippen molar-refractivity contribution in [3.8, 4) is 0 Å². The largest absolute Gasteiger partial charge is 0.327 e. The predicted octanol–water partition coefficient (Wildman–Crippen LogP) is 1.35. The molecule has 16 heavy (non-hydrogen) atoms. The molecule has 0 atom stereocenters. The van der Waals surface area contributed by atoms with Crippen molar-refractivity contribution in [2.75, 3.05) is 7.05 Å². The molecule has 0 spiro atoms. The van der Waals surface area contributed by atoms with Crippen molar-refractivity contribution in [1.82, 2.24) is 19.9 Å². The van der Waals surface area contributed by atoms with Crippen LogP contribution in [0.15, 0.2) is 30.7 Å². The van der Waals surface area contributed by atoms with Crippen molar-refractivity contribution >= 4 is 0 Å². The van der Waals surface area contributed by atoms with Crippen LogP contribution in [0.2, 0.25) is 0 Å². The third kappa shape index (κ3) is 2.46. The number of nitrogens with zero attached hydrogens (tertiary/aromatic N) is 3. The van der Waals surface area contributed by atoms with Crippen molar-refractivity contribution in [2.24, 2.45) is 0 Å². The summed E-state index contributed by atoms with van der Waals surface area (Å²) in [6.07, 6.45) is 3.73. The molecule has 4 heteroatoms. The van der Waals surface area contributed by atoms with Crippen molar-refractivity contribution in [3.05, 3.63) is 47.8 Å². The Morgan fingerprint density at radius 1 is 1.38 bits per heavy atom. The smallest absolute Gasteiger partial charge is 0.0952 e. The van der Waals surface area contributed by atoms with Crippen LogP contribution in [-0.4, -0.2) is 21.6 Å². The topological polar surface area (TPSA) is 42.7 Å². The highest BCUT2D eigenvalue weighted by Gasteiger charge is 2.02. The fourth-order valence-corrected chi connectivity index (χ4v) is 1.68. The standard InChI is InChI=1S/C12H16N4/c1-10-4-3-5-11(15-10)8-16-9-14-7-12(16)6-13-2/h3-5,7,9,13H,6,8H2,1-2H3. The summed E-state index contributed by atoms with van der Waals surface area (Å²) in [6, 6.07) is 6.08. The first-order valence-electron chi connectivity index (χ1n) is 5.35. The number of rotatable bonds is 4. The van der Waals surface area contributed by atoms with E-state index in [1.165, 1.54) is 5.69 Å². The first-order valence-corrected chi connectivity index (χ1v) is 5.35. The van der Waals surface area contributed by atoms with E-state index in [1.54, 1.807) is 0 Å². The van der Waals surface area contributed by atoms with E-state index in [-0.39, 0.29) is 0 Å². The van der Waals surface area contributed by atoms with Crippen LogP contribution < -0.4 is 5.32 Å². The van der Waals surface area contributed by atoms with Crippen LogP contribution >= 0.6 is 0 Å². The zero-order chi connectivity index (χ0) is 11.4. The lowest BCUT2D eigenvalue weighted by molar-refractivity contribution is 0.682. The highest BCUT2D eigenvalue weighted by molar-refractivity contribution is 5.11. The Balaban J connectivity index is 2.17. The summed E-state index contributed by atoms with van der Waals surface area (Å²) in [5.41, 5.74) is 3.29. The van der Waals surface area contributed by atoms with E-state index in [0.717, 1.165) is 24.5 Å². The molecule has 0 aliphatic rings. The minimum atomic E-state index is 0.776. The van der Waals surface area contributed by atoms with E-state index in [1.807, 2.05) is 44.7 Å². The molecule has 1 N–H and O–H groups in total. The maximum atomic E-state index is 4.48. The molecule has 0 aliphatic heterocycles. The van der Waals surface area contributed by atoms with Gasteiger partial charge in [0, 0.05) is 18.4 Å². The molecule has 4 nitrogen and oxygen atoms in total. The molecule has 0 bridgehead atoms. The molecular weight excluding hydrogens is 200 g/mol. The van der Waals surface area contributed by atoms with Gasteiger partial charge in [-0.1, -0.05) is 6.07 Å². The molecule has 0 radical (unpaired) electrons. The van der Waals surface area contributed by atoms with Gasteiger partial charge >= 0.3 is 0 Å². The van der Waals surface area contributed by atoms with Crippen LogP contribution in [0.4, 0.5) is 0 Å². The van der Waals surface area contributed by atoms with Gasteiger partial charge in [0.1, 0.15) is 0 Å². The molecule has 2 rings (SSSR count). The van der Waals surface area contributed by atoms with Crippen molar-refractivity contribution < 1.29 is 0 Å². The van der Waals surface area contributed by atoms with Crippen LogP contribution in [0, 0.1) is 6.92 Å². The second-order valence-corrected chi connectivity index (χ2v) is 3.81. The molecule has 0 fully saturated rings. The normalized spacial score (nSPS) is 10.6. The van der Waals surface area contributed by atoms with E-state index < -0.39 is 0 Å². The minimum absolute atomic E-state index is 0.776. The first kappa shape index (κ1) is 10.8. The van der Waals surface area contributed by atoms with Gasteiger partial charge in [-0.05, 0) is 26.1 Å². The maximum absolute atomic E-state index is 4.48. The van der Waals surface area contributed by atoms with Crippen LogP contribution in [0.25, 0.3) is 0 Å². The average Bonchev–Trinajstić information content (AvgIpc) is 2.66. The Bertz CT molecular complexity index is 462. The number of aryl methyl sites for hydroxylation is 1. The van der Waals surface area contributed by atoms with Crippen LogP contribution in [0.1, 0.15) is 17.1 Å². The Morgan fingerprint density at radius 3 is 3.00 bits per heavy atom. The van der Waals surface area contributed by atoms with Crippen molar-refractivity contribution in [3.63, 3.8) is 0 Å². The van der Waals surface area contributed by atoms with Gasteiger partial charge in [-0.3, -0.25) is 4.98 Å². The van der Waals surface area contributed by atoms with E-state index in [4.69, 9.17) is 0 Å². The molecule has 0 aromatic carbocycles. The molecule has 0 saturated heterocycles. The second kappa shape index (κ2) is 4.90. The molecule has 0 amide bonds. The molecule has 2 aromatic heterocycles. The predicted molar refractivity (Wildman–Crippen MR) is 63.1 cm³/mol. The Morgan fingerprint density at radius 2 is 2.25 bits per heavy atom. The van der Waals surface area contributed by atoms with Gasteiger partial charge in [-0.15, -0.1) is 0 Å². The van der Waals surface area contributed by atoms with E-state index in [0.29, 0.717) is 0 Å². The molecular formula is C12H16N4. The number of imidazole rings is 1. The quantitative estimate of drug-likeness (QED) is 0.839. The molecule has 0 aliphatic carbocycles. The fraction of sp³-hybridized carbons (Fsp3) is 0.333. The summed E-state index contributed by atoms with van der Waals surface area (Å²) in [6.45, 7) is 3.61. The molecule has 2 aromatic rings. The summed E-state index contributed by atoms with van der Waals surface area (Å²) >= 11 is 0. The van der Waals surface area contributed by atoms with Crippen molar-refractivity contribution in [1.29, 1.82) is 0 Å². The zero-order valence-electron chi connectivity index (χ0n) is 9.64. The Hall–Kier alpha value is -1.68. The average molecular weight is 216 g/mol. The van der Waals surface area contributed by atoms with Gasteiger partial charge in [0.05, 0.1) is 24.3 Å². The van der Waals surface area contributed by atoms with Crippen molar-refractivity contribution in [2.45, 2.75) is 20.0 Å². The Labute approximate surface area is 95.4 Å². The lowest BCUT2D eigenvalue weighted by Crippen LogP contribution is -2.12. The summed E-state index contributed by atoms with van der Waals surface area (Å²) < 4.78 is 2.11. The van der Waals surface area contributed by atoms with Crippen LogP contribution in [-0.2, 0) is 13.1 Å². The fourth-order valence-electron chi connectivity index (χ4n) is 1.68. The highest BCUT2D eigenvalue weighted by atomic mass is 15.1. The van der Waals surface area contributed by atoms with Gasteiger partial charge in [0.2, 0.25) is 0 Å². The number of nitrogens with one attached hydrogen (secondary N) is 1. The third-order valence-electron chi connectivity index (χ3n) is 2.43. The van der Waals surface area contributed by atoms with E-state index >= 15 is 0 Å². The second-order valence-electron chi connectivity index (χ2n) is 3.81. The first-order chi connectivity index (χ1) is 7.79. The van der Waals surface area contributed by atoms with E-state index in [9.17, 15) is 0 Å². The summed E-state index contributed by atoms with van der Waals surface area (Å²) in [5, 5.41) is 3.13. The molecule has 2 heterocycles. The third-order valence-corrected chi connectivity index (χ3v) is 2.43. The lowest BCUT2D eigenvalue weighted by Gasteiger charge is -2.07. The summed E-state index contributed by atoms with van der Waals surface area (Å²) in [4.78, 5) is 8.63. The van der Waals surface area contributed by atoms with Gasteiger partial charge < -0.3 is 9.88 Å². The minimum Gasteiger partial charge on any atom is -0.327 e. The maximum Gasteiger partial charge on any atom is 0.0952 e.